The molecule has 0 bridgehead atoms. The summed E-state index contributed by atoms with van der Waals surface area (Å²) in [5.74, 6) is 0.146. The maximum absolute atomic E-state index is 12.8. The summed E-state index contributed by atoms with van der Waals surface area (Å²) >= 11 is 2.60. The summed E-state index contributed by atoms with van der Waals surface area (Å²) in [5.41, 5.74) is 0.0536. The van der Waals surface area contributed by atoms with Crippen molar-refractivity contribution in [1.82, 2.24) is 4.31 Å². The van der Waals surface area contributed by atoms with Crippen LogP contribution in [0.2, 0.25) is 0 Å². The van der Waals surface area contributed by atoms with E-state index < -0.39 is 28.0 Å². The maximum atomic E-state index is 12.8. The molecule has 0 saturated carbocycles. The van der Waals surface area contributed by atoms with E-state index in [9.17, 15) is 26.4 Å². The molecule has 0 spiro atoms. The molecule has 2 aromatic rings. The van der Waals surface area contributed by atoms with E-state index in [0.717, 1.165) is 23.5 Å². The van der Waals surface area contributed by atoms with Crippen molar-refractivity contribution in [2.75, 3.05) is 29.9 Å². The lowest BCUT2D eigenvalue weighted by atomic mass is 10.3. The fraction of sp³-hybridized carbons (Fsp3) is 0.312. The van der Waals surface area contributed by atoms with Gasteiger partial charge in [0, 0.05) is 36.3 Å². The maximum Gasteiger partial charge on any atom is 0.573 e. The minimum absolute atomic E-state index is 0.0274. The van der Waals surface area contributed by atoms with Crippen molar-refractivity contribution in [2.45, 2.75) is 11.3 Å². The number of ether oxygens (including phenoxy) is 1. The highest BCUT2D eigenvalue weighted by atomic mass is 32.2. The molecule has 6 nitrogen and oxygen atoms in total. The molecule has 1 aliphatic rings. The Morgan fingerprint density at radius 2 is 1.89 bits per heavy atom. The number of hydrogen-bond donors (Lipinski definition) is 1. The van der Waals surface area contributed by atoms with Crippen LogP contribution >= 0.6 is 23.1 Å². The zero-order valence-electron chi connectivity index (χ0n) is 14.2. The molecule has 0 unspecified atom stereocenters. The Bertz CT molecular complexity index is 954. The number of nitrogens with zero attached hydrogens (tertiary/aromatic N) is 1. The second-order valence-corrected chi connectivity index (χ2v) is 9.71. The van der Waals surface area contributed by atoms with Crippen LogP contribution in [0.5, 0.6) is 5.75 Å². The Kier molecular flexibility index (Phi) is 6.22. The Morgan fingerprint density at radius 1 is 1.18 bits per heavy atom. The van der Waals surface area contributed by atoms with Gasteiger partial charge in [-0.1, -0.05) is 6.07 Å². The van der Waals surface area contributed by atoms with Gasteiger partial charge in [0.05, 0.1) is 0 Å². The summed E-state index contributed by atoms with van der Waals surface area (Å²) < 4.78 is 67.8. The van der Waals surface area contributed by atoms with Gasteiger partial charge in [-0.05, 0) is 23.6 Å². The standard InChI is InChI=1S/C16H15F3N2O4S3/c17-16(18,19)25-12-3-1-2-11(10-12)20-15(22)14-13(4-7-27-14)28(23,24)21-5-8-26-9-6-21/h1-4,7,10H,5-6,8-9H2,(H,20,22). The third-order valence-corrected chi connectivity index (χ3v) is 7.67. The van der Waals surface area contributed by atoms with E-state index in [4.69, 9.17) is 0 Å². The number of halogens is 3. The minimum Gasteiger partial charge on any atom is -0.406 e. The van der Waals surface area contributed by atoms with Crippen molar-refractivity contribution in [3.63, 3.8) is 0 Å². The number of alkyl halides is 3. The van der Waals surface area contributed by atoms with Gasteiger partial charge in [0.1, 0.15) is 15.5 Å². The first-order valence-electron chi connectivity index (χ1n) is 7.99. The number of benzene rings is 1. The number of rotatable bonds is 5. The third-order valence-electron chi connectivity index (χ3n) is 3.75. The van der Waals surface area contributed by atoms with Crippen LogP contribution in [-0.4, -0.2) is 49.6 Å². The number of anilines is 1. The number of thioether (sulfide) groups is 1. The number of carbonyl (C=O) groups is 1. The van der Waals surface area contributed by atoms with E-state index in [1.165, 1.54) is 27.9 Å². The van der Waals surface area contributed by atoms with Gasteiger partial charge in [-0.3, -0.25) is 4.79 Å². The molecule has 0 atom stereocenters. The van der Waals surface area contributed by atoms with Crippen LogP contribution < -0.4 is 10.1 Å². The molecule has 1 saturated heterocycles. The van der Waals surface area contributed by atoms with Gasteiger partial charge < -0.3 is 10.1 Å². The molecule has 12 heteroatoms. The van der Waals surface area contributed by atoms with Crippen LogP contribution in [0, 0.1) is 0 Å². The van der Waals surface area contributed by atoms with Crippen molar-refractivity contribution in [3.05, 3.63) is 40.6 Å². The van der Waals surface area contributed by atoms with Crippen LogP contribution in [0.1, 0.15) is 9.67 Å². The highest BCUT2D eigenvalue weighted by Crippen LogP contribution is 2.29. The molecule has 2 heterocycles. The highest BCUT2D eigenvalue weighted by Gasteiger charge is 2.32. The first-order chi connectivity index (χ1) is 13.2. The first-order valence-corrected chi connectivity index (χ1v) is 11.5. The molecule has 152 valence electrons. The molecule has 1 N–H and O–H groups in total. The Balaban J connectivity index is 1.80. The lowest BCUT2D eigenvalue weighted by Crippen LogP contribution is -2.38. The molecule has 1 aromatic heterocycles. The molecular formula is C16H15F3N2O4S3. The Hall–Kier alpha value is -1.76. The summed E-state index contributed by atoms with van der Waals surface area (Å²) in [7, 11) is -3.82. The number of carbonyl (C=O) groups excluding carboxylic acids is 1. The summed E-state index contributed by atoms with van der Waals surface area (Å²) in [6.45, 7) is 0.724. The normalized spacial score (nSPS) is 16.0. The number of hydrogen-bond acceptors (Lipinski definition) is 6. The summed E-state index contributed by atoms with van der Waals surface area (Å²) in [5, 5.41) is 3.91. The van der Waals surface area contributed by atoms with Crippen LogP contribution in [0.3, 0.4) is 0 Å². The van der Waals surface area contributed by atoms with E-state index in [1.54, 1.807) is 11.8 Å². The fourth-order valence-electron chi connectivity index (χ4n) is 2.55. The van der Waals surface area contributed by atoms with Gasteiger partial charge in [0.2, 0.25) is 10.0 Å². The predicted molar refractivity (Wildman–Crippen MR) is 101 cm³/mol. The van der Waals surface area contributed by atoms with Gasteiger partial charge in [-0.15, -0.1) is 24.5 Å². The fourth-order valence-corrected chi connectivity index (χ4v) is 6.42. The number of amides is 1. The molecule has 28 heavy (non-hydrogen) atoms. The van der Waals surface area contributed by atoms with Crippen molar-refractivity contribution >= 4 is 44.7 Å². The average Bonchev–Trinajstić information content (AvgIpc) is 3.12. The molecule has 1 amide bonds. The molecular weight excluding hydrogens is 437 g/mol. The topological polar surface area (TPSA) is 75.7 Å². The van der Waals surface area contributed by atoms with Crippen LogP contribution in [-0.2, 0) is 10.0 Å². The highest BCUT2D eigenvalue weighted by molar-refractivity contribution is 7.99. The molecule has 1 fully saturated rings. The summed E-state index contributed by atoms with van der Waals surface area (Å²) in [6, 6.07) is 6.13. The van der Waals surface area contributed by atoms with E-state index >= 15 is 0 Å². The van der Waals surface area contributed by atoms with Gasteiger partial charge in [0.25, 0.3) is 5.91 Å². The first kappa shape index (κ1) is 21.0. The molecule has 1 aliphatic heterocycles. The quantitative estimate of drug-likeness (QED) is 0.750. The van der Waals surface area contributed by atoms with Crippen molar-refractivity contribution in [2.24, 2.45) is 0 Å². The smallest absolute Gasteiger partial charge is 0.406 e. The SMILES string of the molecule is O=C(Nc1cccc(OC(F)(F)F)c1)c1sccc1S(=O)(=O)N1CCSCC1. The third kappa shape index (κ3) is 4.99. The molecule has 0 radical (unpaired) electrons. The molecule has 1 aromatic carbocycles. The zero-order chi connectivity index (χ0) is 20.4. The summed E-state index contributed by atoms with van der Waals surface area (Å²) in [4.78, 5) is 12.4. The Morgan fingerprint density at radius 3 is 2.57 bits per heavy atom. The lowest BCUT2D eigenvalue weighted by molar-refractivity contribution is -0.274. The van der Waals surface area contributed by atoms with Crippen LogP contribution in [0.25, 0.3) is 0 Å². The largest absolute Gasteiger partial charge is 0.573 e. The number of nitrogens with one attached hydrogen (secondary N) is 1. The van der Waals surface area contributed by atoms with E-state index in [1.807, 2.05) is 0 Å². The van der Waals surface area contributed by atoms with Gasteiger partial charge >= 0.3 is 6.36 Å². The van der Waals surface area contributed by atoms with Crippen molar-refractivity contribution < 1.29 is 31.1 Å². The van der Waals surface area contributed by atoms with Crippen LogP contribution in [0.4, 0.5) is 18.9 Å². The average molecular weight is 453 g/mol. The molecule has 3 rings (SSSR count). The van der Waals surface area contributed by atoms with Gasteiger partial charge in [-0.2, -0.15) is 16.1 Å². The van der Waals surface area contributed by atoms with Gasteiger partial charge in [0.15, 0.2) is 0 Å². The van der Waals surface area contributed by atoms with Crippen LogP contribution in [0.15, 0.2) is 40.6 Å². The van der Waals surface area contributed by atoms with Crippen molar-refractivity contribution in [3.8, 4) is 5.75 Å². The Labute approximate surface area is 167 Å². The van der Waals surface area contributed by atoms with E-state index in [-0.39, 0.29) is 15.5 Å². The monoisotopic (exact) mass is 452 g/mol. The predicted octanol–water partition coefficient (Wildman–Crippen LogP) is 3.64. The van der Waals surface area contributed by atoms with Gasteiger partial charge in [-0.25, -0.2) is 8.42 Å². The van der Waals surface area contributed by atoms with Crippen molar-refractivity contribution in [1.29, 1.82) is 0 Å². The number of sulfonamides is 1. The lowest BCUT2D eigenvalue weighted by Gasteiger charge is -2.25. The second-order valence-electron chi connectivity index (χ2n) is 5.66. The van der Waals surface area contributed by atoms with E-state index in [2.05, 4.69) is 10.1 Å². The zero-order valence-corrected chi connectivity index (χ0v) is 16.7. The second kappa shape index (κ2) is 8.31. The molecule has 0 aliphatic carbocycles. The van der Waals surface area contributed by atoms with E-state index in [0.29, 0.717) is 24.6 Å². The minimum atomic E-state index is -4.86. The number of thiophene rings is 1. The summed E-state index contributed by atoms with van der Waals surface area (Å²) in [6.07, 6.45) is -4.86.